The normalized spacial score (nSPS) is 14.1. The van der Waals surface area contributed by atoms with Crippen molar-refractivity contribution in [1.82, 2.24) is 14.0 Å². The van der Waals surface area contributed by atoms with Gasteiger partial charge in [-0.25, -0.2) is 13.4 Å². The lowest BCUT2D eigenvalue weighted by Gasteiger charge is -2.11. The SMILES string of the molecule is COc1cc2nc(CCS(C)(=O)=O)cn2cc1NC(=O)c1cccn(C2CC2)c1=O. The number of aryl methyl sites for hydroxylation is 1. The molecule has 0 atom stereocenters. The summed E-state index contributed by atoms with van der Waals surface area (Å²) in [5, 5.41) is 2.74. The van der Waals surface area contributed by atoms with E-state index in [0.29, 0.717) is 22.8 Å². The summed E-state index contributed by atoms with van der Waals surface area (Å²) < 4.78 is 31.4. The second-order valence-electron chi connectivity index (χ2n) is 7.45. The van der Waals surface area contributed by atoms with E-state index in [1.807, 2.05) is 0 Å². The second kappa shape index (κ2) is 7.60. The molecule has 3 heterocycles. The lowest BCUT2D eigenvalue weighted by Crippen LogP contribution is -2.28. The number of fused-ring (bicyclic) bond motifs is 1. The summed E-state index contributed by atoms with van der Waals surface area (Å²) in [6, 6.07) is 5.01. The molecule has 0 aliphatic heterocycles. The van der Waals surface area contributed by atoms with Crippen molar-refractivity contribution in [3.8, 4) is 5.75 Å². The zero-order valence-electron chi connectivity index (χ0n) is 16.7. The van der Waals surface area contributed by atoms with E-state index < -0.39 is 15.7 Å². The number of sulfone groups is 1. The molecule has 0 spiro atoms. The summed E-state index contributed by atoms with van der Waals surface area (Å²) in [4.78, 5) is 29.8. The fraction of sp³-hybridized carbons (Fsp3) is 0.350. The third-order valence-corrected chi connectivity index (χ3v) is 5.91. The van der Waals surface area contributed by atoms with Crippen molar-refractivity contribution in [2.45, 2.75) is 25.3 Å². The fourth-order valence-electron chi connectivity index (χ4n) is 3.25. The molecule has 0 saturated heterocycles. The van der Waals surface area contributed by atoms with Gasteiger partial charge >= 0.3 is 0 Å². The summed E-state index contributed by atoms with van der Waals surface area (Å²) >= 11 is 0. The first-order chi connectivity index (χ1) is 14.2. The minimum absolute atomic E-state index is 0.00110. The molecule has 9 nitrogen and oxygen atoms in total. The first-order valence-corrected chi connectivity index (χ1v) is 11.6. The van der Waals surface area contributed by atoms with E-state index >= 15 is 0 Å². The van der Waals surface area contributed by atoms with Crippen LogP contribution < -0.4 is 15.6 Å². The minimum atomic E-state index is -3.10. The number of carbonyl (C=O) groups is 1. The Hall–Kier alpha value is -3.14. The maximum absolute atomic E-state index is 12.8. The van der Waals surface area contributed by atoms with Gasteiger partial charge in [0.1, 0.15) is 32.5 Å². The molecule has 3 aromatic rings. The van der Waals surface area contributed by atoms with E-state index in [-0.39, 0.29) is 29.3 Å². The van der Waals surface area contributed by atoms with Gasteiger partial charge in [0.2, 0.25) is 0 Å². The van der Waals surface area contributed by atoms with Gasteiger partial charge in [0.05, 0.1) is 18.6 Å². The summed E-state index contributed by atoms with van der Waals surface area (Å²) in [6.07, 6.45) is 8.39. The van der Waals surface area contributed by atoms with E-state index in [1.165, 1.54) is 19.4 Å². The second-order valence-corrected chi connectivity index (χ2v) is 9.71. The Morgan fingerprint density at radius 3 is 2.77 bits per heavy atom. The van der Waals surface area contributed by atoms with Crippen LogP contribution in [-0.4, -0.2) is 47.4 Å². The molecule has 0 aromatic carbocycles. The number of anilines is 1. The Kier molecular flexibility index (Phi) is 5.10. The Bertz CT molecular complexity index is 1290. The summed E-state index contributed by atoms with van der Waals surface area (Å²) in [7, 11) is -1.63. The van der Waals surface area contributed by atoms with Crippen LogP contribution in [0.15, 0.2) is 41.6 Å². The van der Waals surface area contributed by atoms with Crippen LogP contribution in [0.5, 0.6) is 5.75 Å². The van der Waals surface area contributed by atoms with Crippen molar-refractivity contribution < 1.29 is 17.9 Å². The molecule has 1 saturated carbocycles. The molecule has 0 unspecified atom stereocenters. The maximum Gasteiger partial charge on any atom is 0.263 e. The van der Waals surface area contributed by atoms with Crippen LogP contribution in [-0.2, 0) is 16.3 Å². The topological polar surface area (TPSA) is 112 Å². The van der Waals surface area contributed by atoms with E-state index in [9.17, 15) is 18.0 Å². The van der Waals surface area contributed by atoms with Gasteiger partial charge in [-0.3, -0.25) is 9.59 Å². The number of hydrogen-bond acceptors (Lipinski definition) is 6. The number of imidazole rings is 1. The zero-order valence-corrected chi connectivity index (χ0v) is 17.5. The molecule has 158 valence electrons. The summed E-state index contributed by atoms with van der Waals surface area (Å²) in [5.74, 6) is -0.140. The summed E-state index contributed by atoms with van der Waals surface area (Å²) in [5.41, 5.74) is 1.29. The highest BCUT2D eigenvalue weighted by Gasteiger charge is 2.26. The lowest BCUT2D eigenvalue weighted by atomic mass is 10.2. The lowest BCUT2D eigenvalue weighted by molar-refractivity contribution is 0.102. The Morgan fingerprint density at radius 1 is 1.33 bits per heavy atom. The monoisotopic (exact) mass is 430 g/mol. The molecule has 0 radical (unpaired) electrons. The molecular weight excluding hydrogens is 408 g/mol. The molecule has 1 amide bonds. The smallest absolute Gasteiger partial charge is 0.263 e. The molecule has 10 heteroatoms. The predicted octanol–water partition coefficient (Wildman–Crippen LogP) is 1.68. The number of methoxy groups -OCH3 is 1. The van der Waals surface area contributed by atoms with E-state index in [4.69, 9.17) is 4.74 Å². The molecule has 1 aliphatic rings. The molecule has 1 fully saturated rings. The number of nitrogens with one attached hydrogen (secondary N) is 1. The number of amides is 1. The first-order valence-electron chi connectivity index (χ1n) is 9.51. The average molecular weight is 430 g/mol. The third kappa shape index (κ3) is 4.23. The Labute approximate surface area is 173 Å². The highest BCUT2D eigenvalue weighted by molar-refractivity contribution is 7.90. The standard InChI is InChI=1S/C20H22N4O5S/c1-29-17-10-18-21-13(7-9-30(2,27)28)11-23(18)12-16(17)22-19(25)15-4-3-8-24(20(15)26)14-5-6-14/h3-4,8,10-12,14H,5-7,9H2,1-2H3,(H,22,25). The molecule has 1 aliphatic carbocycles. The Balaban J connectivity index is 1.62. The molecule has 1 N–H and O–H groups in total. The van der Waals surface area contributed by atoms with Crippen LogP contribution in [0.25, 0.3) is 5.65 Å². The van der Waals surface area contributed by atoms with Crippen LogP contribution >= 0.6 is 0 Å². The number of carbonyl (C=O) groups excluding carboxylic acids is 1. The number of rotatable bonds is 7. The average Bonchev–Trinajstić information content (AvgIpc) is 3.45. The van der Waals surface area contributed by atoms with Crippen molar-refractivity contribution in [3.05, 3.63) is 58.4 Å². The fourth-order valence-corrected chi connectivity index (χ4v) is 3.83. The molecular formula is C20H22N4O5S. The van der Waals surface area contributed by atoms with Crippen molar-refractivity contribution in [3.63, 3.8) is 0 Å². The van der Waals surface area contributed by atoms with Gasteiger partial charge in [-0.15, -0.1) is 0 Å². The van der Waals surface area contributed by atoms with Crippen LogP contribution in [0.3, 0.4) is 0 Å². The number of pyridine rings is 2. The van der Waals surface area contributed by atoms with E-state index in [1.54, 1.807) is 39.7 Å². The van der Waals surface area contributed by atoms with Gasteiger partial charge in [-0.2, -0.15) is 0 Å². The van der Waals surface area contributed by atoms with E-state index in [0.717, 1.165) is 12.8 Å². The number of aromatic nitrogens is 3. The number of nitrogens with zero attached hydrogens (tertiary/aromatic N) is 3. The molecule has 4 rings (SSSR count). The van der Waals surface area contributed by atoms with Crippen LogP contribution in [0.2, 0.25) is 0 Å². The predicted molar refractivity (Wildman–Crippen MR) is 112 cm³/mol. The highest BCUT2D eigenvalue weighted by Crippen LogP contribution is 2.33. The molecule has 0 bridgehead atoms. The van der Waals surface area contributed by atoms with Crippen molar-refractivity contribution in [2.75, 3.05) is 24.4 Å². The third-order valence-electron chi connectivity index (χ3n) is 4.96. The quantitative estimate of drug-likeness (QED) is 0.610. The van der Waals surface area contributed by atoms with Gasteiger partial charge in [0.25, 0.3) is 11.5 Å². The van der Waals surface area contributed by atoms with Gasteiger partial charge < -0.3 is 19.0 Å². The largest absolute Gasteiger partial charge is 0.494 e. The minimum Gasteiger partial charge on any atom is -0.494 e. The van der Waals surface area contributed by atoms with Crippen LogP contribution in [0, 0.1) is 0 Å². The van der Waals surface area contributed by atoms with Gasteiger partial charge in [0, 0.05) is 43.4 Å². The number of ether oxygens (including phenoxy) is 1. The highest BCUT2D eigenvalue weighted by atomic mass is 32.2. The zero-order chi connectivity index (χ0) is 21.5. The van der Waals surface area contributed by atoms with Gasteiger partial charge in [0.15, 0.2) is 0 Å². The molecule has 30 heavy (non-hydrogen) atoms. The maximum atomic E-state index is 12.8. The van der Waals surface area contributed by atoms with Gasteiger partial charge in [-0.05, 0) is 25.0 Å². The molecule has 3 aromatic heterocycles. The van der Waals surface area contributed by atoms with E-state index in [2.05, 4.69) is 10.3 Å². The van der Waals surface area contributed by atoms with Gasteiger partial charge in [-0.1, -0.05) is 0 Å². The summed E-state index contributed by atoms with van der Waals surface area (Å²) in [6.45, 7) is 0. The Morgan fingerprint density at radius 2 is 2.10 bits per heavy atom. The van der Waals surface area contributed by atoms with Crippen molar-refractivity contribution >= 4 is 27.1 Å². The van der Waals surface area contributed by atoms with Crippen molar-refractivity contribution in [1.29, 1.82) is 0 Å². The van der Waals surface area contributed by atoms with Crippen LogP contribution in [0.1, 0.15) is 34.9 Å². The number of hydrogen-bond donors (Lipinski definition) is 1. The first kappa shape index (κ1) is 20.1. The van der Waals surface area contributed by atoms with Crippen LogP contribution in [0.4, 0.5) is 5.69 Å². The van der Waals surface area contributed by atoms with Crippen molar-refractivity contribution in [2.24, 2.45) is 0 Å².